The molecule has 4 rings (SSSR count). The van der Waals surface area contributed by atoms with Crippen LogP contribution in [0.3, 0.4) is 0 Å². The van der Waals surface area contributed by atoms with Crippen LogP contribution < -0.4 is 11.1 Å². The highest BCUT2D eigenvalue weighted by Crippen LogP contribution is 2.30. The van der Waals surface area contributed by atoms with Gasteiger partial charge in [-0.15, -0.1) is 11.3 Å². The summed E-state index contributed by atoms with van der Waals surface area (Å²) in [7, 11) is 0. The van der Waals surface area contributed by atoms with Gasteiger partial charge in [0, 0.05) is 35.1 Å². The molecule has 1 aromatic carbocycles. The molecule has 29 heavy (non-hydrogen) atoms. The van der Waals surface area contributed by atoms with Gasteiger partial charge in [-0.1, -0.05) is 18.2 Å². The number of thiophene rings is 1. The molecule has 0 saturated carbocycles. The van der Waals surface area contributed by atoms with Crippen LogP contribution in [0.1, 0.15) is 5.56 Å². The number of benzene rings is 1. The molecular weight excluding hydrogens is 380 g/mol. The van der Waals surface area contributed by atoms with Gasteiger partial charge < -0.3 is 11.1 Å². The van der Waals surface area contributed by atoms with E-state index >= 15 is 0 Å². The van der Waals surface area contributed by atoms with Crippen LogP contribution in [0, 0.1) is 0 Å². The lowest BCUT2D eigenvalue weighted by atomic mass is 10.1. The maximum absolute atomic E-state index is 12.3. The van der Waals surface area contributed by atoms with Gasteiger partial charge in [-0.2, -0.15) is 0 Å². The zero-order chi connectivity index (χ0) is 20.1. The summed E-state index contributed by atoms with van der Waals surface area (Å²) >= 11 is 1.64. The third kappa shape index (κ3) is 4.56. The van der Waals surface area contributed by atoms with E-state index in [0.29, 0.717) is 11.4 Å². The summed E-state index contributed by atoms with van der Waals surface area (Å²) in [6.45, 7) is 0. The molecule has 0 unspecified atom stereocenters. The Kier molecular flexibility index (Phi) is 5.45. The number of nitrogens with one attached hydrogen (secondary N) is 1. The molecule has 142 valence electrons. The zero-order valence-corrected chi connectivity index (χ0v) is 16.3. The number of nitrogens with zero attached hydrogens (tertiary/aromatic N) is 2. The quantitative estimate of drug-likeness (QED) is 0.362. The summed E-state index contributed by atoms with van der Waals surface area (Å²) < 4.78 is 0. The summed E-state index contributed by atoms with van der Waals surface area (Å²) in [5, 5.41) is 4.86. The fraction of sp³-hybridized carbons (Fsp3) is 0. The molecule has 3 aromatic heterocycles. The summed E-state index contributed by atoms with van der Waals surface area (Å²) in [5.74, 6) is -0.253. The molecule has 0 radical (unpaired) electrons. The minimum Gasteiger partial charge on any atom is -0.397 e. The van der Waals surface area contributed by atoms with Gasteiger partial charge in [0.2, 0.25) is 5.91 Å². The van der Waals surface area contributed by atoms with E-state index < -0.39 is 0 Å². The van der Waals surface area contributed by atoms with Crippen molar-refractivity contribution in [1.29, 1.82) is 0 Å². The average molecular weight is 398 g/mol. The fourth-order valence-corrected chi connectivity index (χ4v) is 3.52. The van der Waals surface area contributed by atoms with Gasteiger partial charge in [0.1, 0.15) is 0 Å². The normalized spacial score (nSPS) is 10.9. The summed E-state index contributed by atoms with van der Waals surface area (Å²) in [5.41, 5.74) is 10.8. The first-order chi connectivity index (χ1) is 14.2. The van der Waals surface area contributed by atoms with Crippen molar-refractivity contribution in [2.24, 2.45) is 0 Å². The third-order valence-corrected chi connectivity index (χ3v) is 5.21. The molecule has 0 aliphatic carbocycles. The Labute approximate surface area is 172 Å². The van der Waals surface area contributed by atoms with Gasteiger partial charge in [0.15, 0.2) is 0 Å². The number of hydrogen-bond acceptors (Lipinski definition) is 5. The number of amides is 1. The number of carbonyl (C=O) groups excluding carboxylic acids is 1. The van der Waals surface area contributed by atoms with Crippen molar-refractivity contribution >= 4 is 34.7 Å². The number of pyridine rings is 2. The highest BCUT2D eigenvalue weighted by Gasteiger charge is 2.06. The molecule has 6 heteroatoms. The number of carbonyl (C=O) groups is 1. The van der Waals surface area contributed by atoms with Gasteiger partial charge in [-0.05, 0) is 59.0 Å². The fourth-order valence-electron chi connectivity index (χ4n) is 2.80. The Hall–Kier alpha value is -3.77. The first-order valence-corrected chi connectivity index (χ1v) is 9.86. The van der Waals surface area contributed by atoms with Gasteiger partial charge in [0.25, 0.3) is 0 Å². The minimum absolute atomic E-state index is 0.253. The van der Waals surface area contributed by atoms with Gasteiger partial charge in [-0.25, -0.2) is 0 Å². The van der Waals surface area contributed by atoms with E-state index in [1.165, 1.54) is 6.08 Å². The maximum Gasteiger partial charge on any atom is 0.248 e. The smallest absolute Gasteiger partial charge is 0.248 e. The van der Waals surface area contributed by atoms with Crippen molar-refractivity contribution in [3.8, 4) is 21.7 Å². The van der Waals surface area contributed by atoms with E-state index in [9.17, 15) is 4.79 Å². The van der Waals surface area contributed by atoms with Crippen LogP contribution in [0.4, 0.5) is 11.4 Å². The van der Waals surface area contributed by atoms with E-state index in [2.05, 4.69) is 15.3 Å². The van der Waals surface area contributed by atoms with Crippen molar-refractivity contribution in [2.45, 2.75) is 0 Å². The molecule has 0 fully saturated rings. The van der Waals surface area contributed by atoms with Crippen molar-refractivity contribution in [3.63, 3.8) is 0 Å². The van der Waals surface area contributed by atoms with Crippen LogP contribution in [-0.2, 0) is 4.79 Å². The maximum atomic E-state index is 12.3. The molecular formula is C23H18N4OS. The van der Waals surface area contributed by atoms with E-state index in [4.69, 9.17) is 5.73 Å². The van der Waals surface area contributed by atoms with Crippen molar-refractivity contribution in [2.75, 3.05) is 11.1 Å². The summed E-state index contributed by atoms with van der Waals surface area (Å²) in [4.78, 5) is 22.0. The number of nitrogens with two attached hydrogens (primary N) is 1. The van der Waals surface area contributed by atoms with Gasteiger partial charge >= 0.3 is 0 Å². The molecule has 0 saturated heterocycles. The molecule has 0 aliphatic heterocycles. The Morgan fingerprint density at radius 1 is 1.03 bits per heavy atom. The second kappa shape index (κ2) is 8.50. The molecule has 4 aromatic rings. The molecule has 1 amide bonds. The molecule has 0 bridgehead atoms. The number of nitrogen functional groups attached to an aromatic ring is 1. The molecule has 0 spiro atoms. The summed E-state index contributed by atoms with van der Waals surface area (Å²) in [6.07, 6.45) is 8.40. The van der Waals surface area contributed by atoms with Gasteiger partial charge in [-0.3, -0.25) is 14.8 Å². The van der Waals surface area contributed by atoms with Gasteiger partial charge in [0.05, 0.1) is 17.1 Å². The Balaban J connectivity index is 1.44. The molecule has 5 nitrogen and oxygen atoms in total. The molecule has 3 heterocycles. The first kappa shape index (κ1) is 18.6. The van der Waals surface area contributed by atoms with Crippen molar-refractivity contribution in [1.82, 2.24) is 9.97 Å². The predicted molar refractivity (Wildman–Crippen MR) is 119 cm³/mol. The number of hydrogen-bond donors (Lipinski definition) is 2. The van der Waals surface area contributed by atoms with E-state index in [0.717, 1.165) is 27.3 Å². The molecule has 3 N–H and O–H groups in total. The Morgan fingerprint density at radius 3 is 2.69 bits per heavy atom. The van der Waals surface area contributed by atoms with Crippen molar-refractivity contribution in [3.05, 3.63) is 90.2 Å². The number of anilines is 2. The SMILES string of the molecule is Nc1ccc(-c2cccs2)cc1NC(=O)C=Cc1ccc(-c2cccnc2)nc1. The molecule has 0 aliphatic rings. The van der Waals surface area contributed by atoms with Crippen LogP contribution in [0.2, 0.25) is 0 Å². The zero-order valence-electron chi connectivity index (χ0n) is 15.4. The Bertz CT molecular complexity index is 1140. The van der Waals surface area contributed by atoms with Crippen LogP contribution in [0.15, 0.2) is 84.6 Å². The van der Waals surface area contributed by atoms with Crippen LogP contribution in [0.25, 0.3) is 27.8 Å². The lowest BCUT2D eigenvalue weighted by Gasteiger charge is -2.08. The van der Waals surface area contributed by atoms with E-state index in [1.807, 2.05) is 53.9 Å². The second-order valence-corrected chi connectivity index (χ2v) is 7.27. The standard InChI is InChI=1S/C23H18N4OS/c24-19-8-7-17(22-4-2-12-29-22)13-21(19)27-23(28)10-6-16-5-9-20(26-14-16)18-3-1-11-25-15-18/h1-15H,24H2,(H,27,28). The lowest BCUT2D eigenvalue weighted by Crippen LogP contribution is -2.09. The third-order valence-electron chi connectivity index (χ3n) is 4.29. The van der Waals surface area contributed by atoms with Crippen LogP contribution in [0.5, 0.6) is 0 Å². The van der Waals surface area contributed by atoms with Crippen LogP contribution >= 0.6 is 11.3 Å². The highest BCUT2D eigenvalue weighted by atomic mass is 32.1. The first-order valence-electron chi connectivity index (χ1n) is 8.98. The minimum atomic E-state index is -0.253. The average Bonchev–Trinajstić information content (AvgIpc) is 3.30. The van der Waals surface area contributed by atoms with Crippen LogP contribution in [-0.4, -0.2) is 15.9 Å². The Morgan fingerprint density at radius 2 is 1.97 bits per heavy atom. The number of rotatable bonds is 5. The van der Waals surface area contributed by atoms with E-state index in [-0.39, 0.29) is 5.91 Å². The molecule has 0 atom stereocenters. The summed E-state index contributed by atoms with van der Waals surface area (Å²) in [6, 6.07) is 17.3. The second-order valence-electron chi connectivity index (χ2n) is 6.32. The highest BCUT2D eigenvalue weighted by molar-refractivity contribution is 7.13. The van der Waals surface area contributed by atoms with Crippen molar-refractivity contribution < 1.29 is 4.79 Å². The topological polar surface area (TPSA) is 80.9 Å². The monoisotopic (exact) mass is 398 g/mol. The number of aromatic nitrogens is 2. The largest absolute Gasteiger partial charge is 0.397 e. The lowest BCUT2D eigenvalue weighted by molar-refractivity contribution is -0.111. The van der Waals surface area contributed by atoms with E-state index in [1.54, 1.807) is 42.1 Å². The predicted octanol–water partition coefficient (Wildman–Crippen LogP) is 5.11.